The third-order valence-electron chi connectivity index (χ3n) is 3.97. The third-order valence-corrected chi connectivity index (χ3v) is 3.97. The molecule has 0 radical (unpaired) electrons. The highest BCUT2D eigenvalue weighted by molar-refractivity contribution is 5.93. The van der Waals surface area contributed by atoms with Crippen molar-refractivity contribution < 1.29 is 18.7 Å². The van der Waals surface area contributed by atoms with E-state index >= 15 is 0 Å². The van der Waals surface area contributed by atoms with Gasteiger partial charge in [-0.15, -0.1) is 0 Å². The standard InChI is InChI=1S/C18H23N3O4/c1-2-24-18-14(4-3-5-19-18)11-20-17(22)15-10-16(25-13-15)12-21-6-8-23-9-7-21/h3-5,10,13H,2,6-9,11-12H2,1H3,(H,20,22). The van der Waals surface area contributed by atoms with Gasteiger partial charge in [-0.05, 0) is 19.1 Å². The molecule has 1 aliphatic rings. The number of ether oxygens (including phenoxy) is 2. The van der Waals surface area contributed by atoms with E-state index in [1.807, 2.05) is 19.1 Å². The van der Waals surface area contributed by atoms with Gasteiger partial charge >= 0.3 is 0 Å². The SMILES string of the molecule is CCOc1ncccc1CNC(=O)c1coc(CN2CCOCC2)c1. The average Bonchev–Trinajstić information content (AvgIpc) is 3.10. The lowest BCUT2D eigenvalue weighted by atomic mass is 10.2. The molecule has 1 N–H and O–H groups in total. The predicted octanol–water partition coefficient (Wildman–Crippen LogP) is 1.84. The number of hydrogen-bond acceptors (Lipinski definition) is 6. The predicted molar refractivity (Wildman–Crippen MR) is 91.4 cm³/mol. The first-order valence-corrected chi connectivity index (χ1v) is 8.48. The first-order valence-electron chi connectivity index (χ1n) is 8.48. The molecule has 7 nitrogen and oxygen atoms in total. The number of nitrogens with zero attached hydrogens (tertiary/aromatic N) is 2. The molecule has 0 spiro atoms. The zero-order valence-corrected chi connectivity index (χ0v) is 14.4. The Morgan fingerprint density at radius 1 is 1.40 bits per heavy atom. The summed E-state index contributed by atoms with van der Waals surface area (Å²) in [6.07, 6.45) is 3.17. The Bertz CT molecular complexity index is 695. The van der Waals surface area contributed by atoms with Gasteiger partial charge in [-0.25, -0.2) is 4.98 Å². The molecule has 2 aromatic heterocycles. The molecule has 2 aromatic rings. The first-order chi connectivity index (χ1) is 12.3. The molecule has 25 heavy (non-hydrogen) atoms. The average molecular weight is 345 g/mol. The minimum Gasteiger partial charge on any atom is -0.478 e. The van der Waals surface area contributed by atoms with Crippen LogP contribution in [0.4, 0.5) is 0 Å². The maximum Gasteiger partial charge on any atom is 0.254 e. The van der Waals surface area contributed by atoms with E-state index in [9.17, 15) is 4.79 Å². The molecular weight excluding hydrogens is 322 g/mol. The van der Waals surface area contributed by atoms with Crippen molar-refractivity contribution in [2.24, 2.45) is 0 Å². The fourth-order valence-corrected chi connectivity index (χ4v) is 2.67. The van der Waals surface area contributed by atoms with E-state index in [1.54, 1.807) is 12.3 Å². The molecule has 1 saturated heterocycles. The summed E-state index contributed by atoms with van der Waals surface area (Å²) in [6, 6.07) is 5.50. The highest BCUT2D eigenvalue weighted by Gasteiger charge is 2.15. The van der Waals surface area contributed by atoms with Crippen LogP contribution in [0.2, 0.25) is 0 Å². The molecule has 1 amide bonds. The smallest absolute Gasteiger partial charge is 0.254 e. The second kappa shape index (κ2) is 8.64. The van der Waals surface area contributed by atoms with Crippen LogP contribution >= 0.6 is 0 Å². The van der Waals surface area contributed by atoms with E-state index in [4.69, 9.17) is 13.9 Å². The van der Waals surface area contributed by atoms with Crippen LogP contribution in [0.15, 0.2) is 35.1 Å². The van der Waals surface area contributed by atoms with Crippen LogP contribution in [-0.2, 0) is 17.8 Å². The minimum atomic E-state index is -0.178. The zero-order valence-electron chi connectivity index (χ0n) is 14.4. The van der Waals surface area contributed by atoms with Crippen molar-refractivity contribution >= 4 is 5.91 Å². The van der Waals surface area contributed by atoms with Crippen LogP contribution < -0.4 is 10.1 Å². The number of furan rings is 1. The highest BCUT2D eigenvalue weighted by Crippen LogP contribution is 2.15. The number of hydrogen-bond donors (Lipinski definition) is 1. The lowest BCUT2D eigenvalue weighted by Gasteiger charge is -2.25. The Hall–Kier alpha value is -2.38. The summed E-state index contributed by atoms with van der Waals surface area (Å²) in [7, 11) is 0. The van der Waals surface area contributed by atoms with Crippen LogP contribution in [0.3, 0.4) is 0 Å². The van der Waals surface area contributed by atoms with Crippen LogP contribution in [-0.4, -0.2) is 48.7 Å². The molecule has 0 atom stereocenters. The fraction of sp³-hybridized carbons (Fsp3) is 0.444. The molecule has 1 fully saturated rings. The number of morpholine rings is 1. The van der Waals surface area contributed by atoms with E-state index in [0.29, 0.717) is 31.1 Å². The molecule has 0 aromatic carbocycles. The van der Waals surface area contributed by atoms with Crippen LogP contribution in [0, 0.1) is 0 Å². The molecule has 0 bridgehead atoms. The molecule has 1 aliphatic heterocycles. The van der Waals surface area contributed by atoms with Gasteiger partial charge in [0.25, 0.3) is 5.91 Å². The lowest BCUT2D eigenvalue weighted by Crippen LogP contribution is -2.35. The molecule has 0 aliphatic carbocycles. The number of amides is 1. The second-order valence-electron chi connectivity index (χ2n) is 5.77. The Kier molecular flexibility index (Phi) is 6.03. The van der Waals surface area contributed by atoms with Gasteiger partial charge in [0.2, 0.25) is 5.88 Å². The van der Waals surface area contributed by atoms with Gasteiger partial charge < -0.3 is 19.2 Å². The quantitative estimate of drug-likeness (QED) is 0.825. The summed E-state index contributed by atoms with van der Waals surface area (Å²) in [6.45, 7) is 6.71. The Labute approximate surface area is 146 Å². The van der Waals surface area contributed by atoms with Crippen molar-refractivity contribution in [3.8, 4) is 5.88 Å². The zero-order chi connectivity index (χ0) is 17.5. The monoisotopic (exact) mass is 345 g/mol. The summed E-state index contributed by atoms with van der Waals surface area (Å²) in [4.78, 5) is 18.8. The summed E-state index contributed by atoms with van der Waals surface area (Å²) in [5.74, 6) is 1.15. The summed E-state index contributed by atoms with van der Waals surface area (Å²) in [5, 5.41) is 2.88. The number of nitrogens with one attached hydrogen (secondary N) is 1. The molecule has 134 valence electrons. The van der Waals surface area contributed by atoms with Gasteiger partial charge in [-0.3, -0.25) is 9.69 Å². The first kappa shape index (κ1) is 17.4. The van der Waals surface area contributed by atoms with E-state index in [2.05, 4.69) is 15.2 Å². The Morgan fingerprint density at radius 2 is 2.24 bits per heavy atom. The normalized spacial score (nSPS) is 15.1. The minimum absolute atomic E-state index is 0.178. The second-order valence-corrected chi connectivity index (χ2v) is 5.77. The number of aromatic nitrogens is 1. The van der Waals surface area contributed by atoms with E-state index in [-0.39, 0.29) is 5.91 Å². The number of rotatable bonds is 7. The van der Waals surface area contributed by atoms with Crippen LogP contribution in [0.25, 0.3) is 0 Å². The topological polar surface area (TPSA) is 76.8 Å². The van der Waals surface area contributed by atoms with Gasteiger partial charge in [-0.2, -0.15) is 0 Å². The van der Waals surface area contributed by atoms with Crippen LogP contribution in [0.1, 0.15) is 28.6 Å². The van der Waals surface area contributed by atoms with Crippen molar-refractivity contribution in [3.63, 3.8) is 0 Å². The van der Waals surface area contributed by atoms with Gasteiger partial charge in [0.05, 0.1) is 31.9 Å². The molecular formula is C18H23N3O4. The summed E-state index contributed by atoms with van der Waals surface area (Å²) in [5.41, 5.74) is 1.36. The van der Waals surface area contributed by atoms with Gasteiger partial charge in [0.1, 0.15) is 12.0 Å². The highest BCUT2D eigenvalue weighted by atomic mass is 16.5. The number of pyridine rings is 1. The Morgan fingerprint density at radius 3 is 3.04 bits per heavy atom. The molecule has 3 heterocycles. The molecule has 0 unspecified atom stereocenters. The Balaban J connectivity index is 1.55. The molecule has 3 rings (SSSR count). The van der Waals surface area contributed by atoms with Crippen molar-refractivity contribution in [1.29, 1.82) is 0 Å². The van der Waals surface area contributed by atoms with E-state index in [1.165, 1.54) is 6.26 Å². The maximum atomic E-state index is 12.3. The van der Waals surface area contributed by atoms with Gasteiger partial charge in [0.15, 0.2) is 0 Å². The van der Waals surface area contributed by atoms with E-state index in [0.717, 1.165) is 37.6 Å². The van der Waals surface area contributed by atoms with Gasteiger partial charge in [0, 0.05) is 31.4 Å². The van der Waals surface area contributed by atoms with Crippen LogP contribution in [0.5, 0.6) is 5.88 Å². The fourth-order valence-electron chi connectivity index (χ4n) is 2.67. The third kappa shape index (κ3) is 4.80. The number of carbonyl (C=O) groups is 1. The van der Waals surface area contributed by atoms with Gasteiger partial charge in [-0.1, -0.05) is 6.07 Å². The maximum absolute atomic E-state index is 12.3. The summed E-state index contributed by atoms with van der Waals surface area (Å²) < 4.78 is 16.3. The largest absolute Gasteiger partial charge is 0.478 e. The number of carbonyl (C=O) groups excluding carboxylic acids is 1. The van der Waals surface area contributed by atoms with Crippen molar-refractivity contribution in [1.82, 2.24) is 15.2 Å². The van der Waals surface area contributed by atoms with Crippen molar-refractivity contribution in [2.45, 2.75) is 20.0 Å². The molecule has 0 saturated carbocycles. The van der Waals surface area contributed by atoms with Crippen molar-refractivity contribution in [2.75, 3.05) is 32.9 Å². The molecule has 7 heteroatoms. The summed E-state index contributed by atoms with van der Waals surface area (Å²) >= 11 is 0. The lowest BCUT2D eigenvalue weighted by molar-refractivity contribution is 0.0313. The van der Waals surface area contributed by atoms with Crippen molar-refractivity contribution in [3.05, 3.63) is 47.5 Å². The van der Waals surface area contributed by atoms with E-state index < -0.39 is 0 Å².